The lowest BCUT2D eigenvalue weighted by molar-refractivity contribution is -0.141. The summed E-state index contributed by atoms with van der Waals surface area (Å²) in [4.78, 5) is 6.87. The zero-order chi connectivity index (χ0) is 22.8. The predicted octanol–water partition coefficient (Wildman–Crippen LogP) is 1.81. The Bertz CT molecular complexity index is 1050. The molecule has 14 heteroatoms. The summed E-state index contributed by atoms with van der Waals surface area (Å²) in [5.41, 5.74) is -1.54. The van der Waals surface area contributed by atoms with Crippen molar-refractivity contribution in [1.29, 1.82) is 0 Å². The Morgan fingerprint density at radius 2 is 2.06 bits per heavy atom. The van der Waals surface area contributed by atoms with Gasteiger partial charge in [-0.2, -0.15) is 18.2 Å². The van der Waals surface area contributed by atoms with Crippen LogP contribution in [0.1, 0.15) is 12.0 Å². The minimum absolute atomic E-state index is 0.102. The number of benzene rings is 1. The lowest BCUT2D eigenvalue weighted by Gasteiger charge is -2.28. The van der Waals surface area contributed by atoms with Gasteiger partial charge in [0.2, 0.25) is 21.9 Å². The van der Waals surface area contributed by atoms with Crippen LogP contribution < -0.4 is 14.8 Å². The molecular weight excluding hydrogens is 448 g/mol. The van der Waals surface area contributed by atoms with Gasteiger partial charge in [-0.25, -0.2) is 22.5 Å². The molecule has 0 amide bonds. The molecule has 1 aliphatic rings. The quantitative estimate of drug-likeness (QED) is 0.551. The third-order valence-corrected chi connectivity index (χ3v) is 5.76. The van der Waals surface area contributed by atoms with Crippen molar-refractivity contribution in [3.05, 3.63) is 35.8 Å². The second-order valence-corrected chi connectivity index (χ2v) is 8.36. The van der Waals surface area contributed by atoms with E-state index >= 15 is 0 Å². The number of hydrogen-bond donors (Lipinski definition) is 3. The van der Waals surface area contributed by atoms with Crippen LogP contribution in [0.5, 0.6) is 5.88 Å². The Hall–Kier alpha value is -2.55. The number of rotatable bonds is 6. The van der Waals surface area contributed by atoms with E-state index in [9.17, 15) is 31.1 Å². The van der Waals surface area contributed by atoms with E-state index in [1.54, 1.807) is 0 Å². The van der Waals surface area contributed by atoms with Crippen molar-refractivity contribution in [3.8, 4) is 5.88 Å². The van der Waals surface area contributed by atoms with Crippen LogP contribution in [0.2, 0.25) is 0 Å². The van der Waals surface area contributed by atoms with Gasteiger partial charge in [0.25, 0.3) is 0 Å². The molecule has 0 saturated carbocycles. The second-order valence-electron chi connectivity index (χ2n) is 6.47. The van der Waals surface area contributed by atoms with Crippen molar-refractivity contribution in [2.75, 3.05) is 25.6 Å². The number of aromatic nitrogens is 2. The molecule has 1 aliphatic heterocycles. The maximum atomic E-state index is 14.3. The minimum atomic E-state index is -4.83. The van der Waals surface area contributed by atoms with Gasteiger partial charge < -0.3 is 19.9 Å². The molecule has 31 heavy (non-hydrogen) atoms. The fourth-order valence-corrected chi connectivity index (χ4v) is 3.44. The van der Waals surface area contributed by atoms with E-state index in [0.717, 1.165) is 25.2 Å². The minimum Gasteiger partial charge on any atom is -0.471 e. The highest BCUT2D eigenvalue weighted by molar-refractivity contribution is 7.89. The normalized spacial score (nSPS) is 19.8. The lowest BCUT2D eigenvalue weighted by atomic mass is 10.1. The van der Waals surface area contributed by atoms with Crippen LogP contribution in [0.15, 0.2) is 29.3 Å². The number of aliphatic hydroxyl groups is 1. The molecule has 3 rings (SSSR count). The van der Waals surface area contributed by atoms with E-state index in [1.165, 1.54) is 0 Å². The summed E-state index contributed by atoms with van der Waals surface area (Å²) in [6.45, 7) is 0.0850. The molecule has 9 nitrogen and oxygen atoms in total. The Morgan fingerprint density at radius 3 is 2.68 bits per heavy atom. The third-order valence-electron chi connectivity index (χ3n) is 4.35. The summed E-state index contributed by atoms with van der Waals surface area (Å²) in [5, 5.41) is 12.3. The molecule has 0 aliphatic carbocycles. The van der Waals surface area contributed by atoms with Crippen LogP contribution in [0.4, 0.5) is 29.2 Å². The zero-order valence-corrected chi connectivity index (χ0v) is 16.8. The summed E-state index contributed by atoms with van der Waals surface area (Å²) in [6.07, 6.45) is -6.37. The number of aliphatic hydroxyl groups excluding tert-OH is 1. The summed E-state index contributed by atoms with van der Waals surface area (Å²) in [6, 6.07) is 2.90. The highest BCUT2D eigenvalue weighted by atomic mass is 32.2. The molecule has 1 saturated heterocycles. The van der Waals surface area contributed by atoms with Crippen molar-refractivity contribution >= 4 is 21.7 Å². The van der Waals surface area contributed by atoms with Gasteiger partial charge in [0, 0.05) is 12.6 Å². The summed E-state index contributed by atoms with van der Waals surface area (Å²) in [5.74, 6) is -2.26. The molecule has 2 atom stereocenters. The zero-order valence-electron chi connectivity index (χ0n) is 16.0. The number of halogens is 4. The first-order valence-electron chi connectivity index (χ1n) is 8.88. The van der Waals surface area contributed by atoms with Crippen LogP contribution in [0, 0.1) is 5.82 Å². The van der Waals surface area contributed by atoms with E-state index in [4.69, 9.17) is 9.47 Å². The van der Waals surface area contributed by atoms with Gasteiger partial charge in [-0.15, -0.1) is 0 Å². The molecule has 2 aromatic rings. The molecule has 1 aromatic carbocycles. The largest absolute Gasteiger partial charge is 0.471 e. The molecule has 0 spiro atoms. The van der Waals surface area contributed by atoms with Crippen molar-refractivity contribution in [3.63, 3.8) is 0 Å². The Balaban J connectivity index is 1.90. The fourth-order valence-electron chi connectivity index (χ4n) is 2.70. The maximum absolute atomic E-state index is 14.3. The fraction of sp³-hybridized carbons (Fsp3) is 0.412. The van der Waals surface area contributed by atoms with E-state index < -0.39 is 51.6 Å². The Labute approximate surface area is 174 Å². The first kappa shape index (κ1) is 23.1. The van der Waals surface area contributed by atoms with E-state index in [-0.39, 0.29) is 30.2 Å². The molecule has 170 valence electrons. The number of hydrogen-bond acceptors (Lipinski definition) is 8. The summed E-state index contributed by atoms with van der Waals surface area (Å²) in [7, 11) is -2.73. The number of sulfonamides is 1. The number of alkyl halides is 3. The lowest BCUT2D eigenvalue weighted by Crippen LogP contribution is -2.41. The number of nitrogens with one attached hydrogen (secondary N) is 2. The number of anilines is 2. The number of nitrogens with zero attached hydrogens (tertiary/aromatic N) is 2. The Morgan fingerprint density at radius 1 is 1.32 bits per heavy atom. The van der Waals surface area contributed by atoms with Gasteiger partial charge in [0.15, 0.2) is 0 Å². The molecule has 3 N–H and O–H groups in total. The molecule has 0 radical (unpaired) electrons. The van der Waals surface area contributed by atoms with Gasteiger partial charge >= 0.3 is 6.18 Å². The van der Waals surface area contributed by atoms with Gasteiger partial charge in [0.1, 0.15) is 23.6 Å². The molecule has 1 aromatic heterocycles. The van der Waals surface area contributed by atoms with Crippen molar-refractivity contribution in [2.45, 2.75) is 29.7 Å². The van der Waals surface area contributed by atoms with E-state index in [2.05, 4.69) is 15.3 Å². The highest BCUT2D eigenvalue weighted by Crippen LogP contribution is 2.36. The maximum Gasteiger partial charge on any atom is 0.423 e. The van der Waals surface area contributed by atoms with E-state index in [1.807, 2.05) is 4.72 Å². The van der Waals surface area contributed by atoms with Crippen molar-refractivity contribution < 1.29 is 40.6 Å². The Kier molecular flexibility index (Phi) is 6.64. The second kappa shape index (κ2) is 8.90. The summed E-state index contributed by atoms with van der Waals surface area (Å²) >= 11 is 0. The van der Waals surface area contributed by atoms with Crippen LogP contribution in [-0.2, 0) is 20.9 Å². The molecule has 2 heterocycles. The van der Waals surface area contributed by atoms with Gasteiger partial charge in [0.05, 0.1) is 23.8 Å². The third kappa shape index (κ3) is 5.39. The van der Waals surface area contributed by atoms with Gasteiger partial charge in [-0.1, -0.05) is 0 Å². The molecular formula is C17H18F4N4O5S. The van der Waals surface area contributed by atoms with Crippen LogP contribution in [0.25, 0.3) is 0 Å². The number of ether oxygens (including phenoxy) is 2. The topological polar surface area (TPSA) is 123 Å². The van der Waals surface area contributed by atoms with Gasteiger partial charge in [-0.3, -0.25) is 0 Å². The van der Waals surface area contributed by atoms with Crippen LogP contribution >= 0.6 is 0 Å². The highest BCUT2D eigenvalue weighted by Gasteiger charge is 2.38. The standard InChI is InChI=1S/C17H18F4N4O5S/c1-22-31(27,28)9-2-3-12(11(18)6-9)24-16-23-7-10(17(19,20)21)15(25-16)30-14-4-5-29-8-13(14)26/h2-3,6-7,13-14,22,26H,4-5,8H2,1H3,(H,23,24,25)/t13-,14-/m1/s1. The van der Waals surface area contributed by atoms with Crippen molar-refractivity contribution in [2.24, 2.45) is 0 Å². The van der Waals surface area contributed by atoms with Gasteiger partial charge in [-0.05, 0) is 25.2 Å². The average molecular weight is 466 g/mol. The molecule has 0 unspecified atom stereocenters. The van der Waals surface area contributed by atoms with Crippen molar-refractivity contribution in [1.82, 2.24) is 14.7 Å². The summed E-state index contributed by atoms with van der Waals surface area (Å²) < 4.78 is 90.1. The van der Waals surface area contributed by atoms with E-state index in [0.29, 0.717) is 6.20 Å². The van der Waals surface area contributed by atoms with Crippen LogP contribution in [-0.4, -0.2) is 56.0 Å². The molecule has 0 bridgehead atoms. The molecule has 1 fully saturated rings. The average Bonchev–Trinajstić information content (AvgIpc) is 2.70. The smallest absolute Gasteiger partial charge is 0.423 e. The first-order chi connectivity index (χ1) is 14.5. The van der Waals surface area contributed by atoms with Crippen LogP contribution in [0.3, 0.4) is 0 Å². The monoisotopic (exact) mass is 466 g/mol. The predicted molar refractivity (Wildman–Crippen MR) is 98.8 cm³/mol. The SMILES string of the molecule is CNS(=O)(=O)c1ccc(Nc2ncc(C(F)(F)F)c(O[C@@H]3CCOC[C@H]3O)n2)c(F)c1. The first-order valence-corrected chi connectivity index (χ1v) is 10.4.